The maximum absolute atomic E-state index is 12.3. The van der Waals surface area contributed by atoms with Gasteiger partial charge in [0.25, 0.3) is 5.56 Å². The first kappa shape index (κ1) is 17.2. The van der Waals surface area contributed by atoms with E-state index in [0.29, 0.717) is 24.4 Å². The predicted molar refractivity (Wildman–Crippen MR) is 83.6 cm³/mol. The van der Waals surface area contributed by atoms with Gasteiger partial charge in [-0.25, -0.2) is 4.68 Å². The number of ether oxygens (including phenoxy) is 1. The number of nitriles is 1. The molecular weight excluding hydrogens is 296 g/mol. The van der Waals surface area contributed by atoms with Crippen LogP contribution in [0.4, 0.5) is 0 Å². The van der Waals surface area contributed by atoms with Gasteiger partial charge in [-0.05, 0) is 45.7 Å². The summed E-state index contributed by atoms with van der Waals surface area (Å²) in [6, 6.07) is 1.96. The van der Waals surface area contributed by atoms with Crippen LogP contribution in [0.15, 0.2) is 4.79 Å². The molecule has 0 bridgehead atoms. The van der Waals surface area contributed by atoms with Crippen molar-refractivity contribution >= 4 is 5.97 Å². The molecule has 1 fully saturated rings. The third-order valence-corrected chi connectivity index (χ3v) is 4.21. The van der Waals surface area contributed by atoms with E-state index in [9.17, 15) is 9.59 Å². The van der Waals surface area contributed by atoms with E-state index in [1.807, 2.05) is 11.0 Å². The van der Waals surface area contributed by atoms with Crippen molar-refractivity contribution in [2.45, 2.75) is 40.3 Å². The highest BCUT2D eigenvalue weighted by Crippen LogP contribution is 2.18. The van der Waals surface area contributed by atoms with Gasteiger partial charge in [-0.3, -0.25) is 14.5 Å². The summed E-state index contributed by atoms with van der Waals surface area (Å²) in [5.74, 6) is -0.350. The van der Waals surface area contributed by atoms with E-state index < -0.39 is 0 Å². The summed E-state index contributed by atoms with van der Waals surface area (Å²) in [7, 11) is 0. The second kappa shape index (κ2) is 7.38. The van der Waals surface area contributed by atoms with Gasteiger partial charge < -0.3 is 4.74 Å². The molecule has 0 aromatic carbocycles. The molecule has 0 spiro atoms. The Bertz CT molecular complexity index is 690. The molecule has 2 rings (SSSR count). The molecule has 1 saturated heterocycles. The van der Waals surface area contributed by atoms with Crippen LogP contribution in [0.2, 0.25) is 0 Å². The number of piperidine rings is 1. The molecule has 0 radical (unpaired) electrons. The normalized spacial score (nSPS) is 18.4. The van der Waals surface area contributed by atoms with Crippen molar-refractivity contribution < 1.29 is 9.53 Å². The highest BCUT2D eigenvalue weighted by atomic mass is 16.5. The molecule has 2 heterocycles. The number of aromatic nitrogens is 2. The van der Waals surface area contributed by atoms with Crippen molar-refractivity contribution in [1.82, 2.24) is 14.7 Å². The average Bonchev–Trinajstić information content (AvgIpc) is 2.54. The van der Waals surface area contributed by atoms with E-state index >= 15 is 0 Å². The van der Waals surface area contributed by atoms with Crippen molar-refractivity contribution in [3.8, 4) is 6.07 Å². The number of carbonyl (C=O) groups is 1. The first-order valence-electron chi connectivity index (χ1n) is 7.85. The van der Waals surface area contributed by atoms with E-state index in [1.54, 1.807) is 20.8 Å². The van der Waals surface area contributed by atoms with Gasteiger partial charge in [0, 0.05) is 6.54 Å². The Morgan fingerprint density at radius 3 is 2.87 bits per heavy atom. The summed E-state index contributed by atoms with van der Waals surface area (Å²) in [4.78, 5) is 26.2. The highest BCUT2D eigenvalue weighted by Gasteiger charge is 2.27. The Morgan fingerprint density at radius 2 is 2.22 bits per heavy atom. The van der Waals surface area contributed by atoms with Crippen LogP contribution in [0.5, 0.6) is 0 Å². The zero-order valence-corrected chi connectivity index (χ0v) is 13.8. The third kappa shape index (κ3) is 3.77. The topological polar surface area (TPSA) is 88.2 Å². The molecule has 7 nitrogen and oxygen atoms in total. The van der Waals surface area contributed by atoms with Crippen molar-refractivity contribution in [3.63, 3.8) is 0 Å². The summed E-state index contributed by atoms with van der Waals surface area (Å²) in [6.07, 6.45) is 1.67. The van der Waals surface area contributed by atoms with Crippen molar-refractivity contribution in [1.29, 1.82) is 5.26 Å². The lowest BCUT2D eigenvalue weighted by Gasteiger charge is -2.31. The summed E-state index contributed by atoms with van der Waals surface area (Å²) >= 11 is 0. The Balaban J connectivity index is 2.17. The van der Waals surface area contributed by atoms with Gasteiger partial charge in [-0.1, -0.05) is 0 Å². The number of hydrogen-bond donors (Lipinski definition) is 0. The van der Waals surface area contributed by atoms with Gasteiger partial charge in [-0.2, -0.15) is 10.4 Å². The Kier molecular flexibility index (Phi) is 5.50. The second-order valence-corrected chi connectivity index (χ2v) is 5.81. The van der Waals surface area contributed by atoms with Gasteiger partial charge in [-0.15, -0.1) is 0 Å². The zero-order valence-electron chi connectivity index (χ0n) is 13.8. The molecule has 0 saturated carbocycles. The zero-order chi connectivity index (χ0) is 17.0. The fourth-order valence-electron chi connectivity index (χ4n) is 2.83. The van der Waals surface area contributed by atoms with E-state index in [4.69, 9.17) is 10.00 Å². The summed E-state index contributed by atoms with van der Waals surface area (Å²) in [6.45, 7) is 7.29. The molecule has 0 N–H and O–H groups in total. The minimum Gasteiger partial charge on any atom is -0.466 e. The van der Waals surface area contributed by atoms with Crippen LogP contribution in [0.3, 0.4) is 0 Å². The maximum atomic E-state index is 12.3. The first-order valence-corrected chi connectivity index (χ1v) is 7.85. The second-order valence-electron chi connectivity index (χ2n) is 5.81. The molecule has 1 atom stereocenters. The number of aryl methyl sites for hydroxylation is 1. The molecule has 1 aromatic heterocycles. The quantitative estimate of drug-likeness (QED) is 0.769. The SMILES string of the molecule is CCOC(=O)[C@H]1CCCN(Cn2nc(C)c(C)c(C#N)c2=O)C1. The van der Waals surface area contributed by atoms with Gasteiger partial charge in [0.05, 0.1) is 24.9 Å². The molecule has 23 heavy (non-hydrogen) atoms. The summed E-state index contributed by atoms with van der Waals surface area (Å²) < 4.78 is 6.40. The van der Waals surface area contributed by atoms with Gasteiger partial charge >= 0.3 is 5.97 Å². The smallest absolute Gasteiger partial charge is 0.310 e. The molecule has 7 heteroatoms. The number of likely N-dealkylation sites (tertiary alicyclic amines) is 1. The van der Waals surface area contributed by atoms with Crippen LogP contribution in [-0.4, -0.2) is 40.3 Å². The largest absolute Gasteiger partial charge is 0.466 e. The number of esters is 1. The first-order chi connectivity index (χ1) is 11.0. The van der Waals surface area contributed by atoms with E-state index in [1.165, 1.54) is 4.68 Å². The molecule has 0 unspecified atom stereocenters. The number of carbonyl (C=O) groups excluding carboxylic acids is 1. The van der Waals surface area contributed by atoms with Crippen LogP contribution in [0.25, 0.3) is 0 Å². The summed E-state index contributed by atoms with van der Waals surface area (Å²) in [5.41, 5.74) is 1.04. The standard InChI is InChI=1S/C16H22N4O3/c1-4-23-16(22)13-6-5-7-19(9-13)10-20-15(21)14(8-17)11(2)12(3)18-20/h13H,4-7,9-10H2,1-3H3/t13-/m0/s1. The van der Waals surface area contributed by atoms with Crippen LogP contribution in [-0.2, 0) is 16.2 Å². The summed E-state index contributed by atoms with van der Waals surface area (Å²) in [5, 5.41) is 13.4. The number of hydrogen-bond acceptors (Lipinski definition) is 6. The van der Waals surface area contributed by atoms with Crippen molar-refractivity contribution in [2.75, 3.05) is 19.7 Å². The predicted octanol–water partition coefficient (Wildman–Crippen LogP) is 0.964. The lowest BCUT2D eigenvalue weighted by atomic mass is 9.98. The fourth-order valence-corrected chi connectivity index (χ4v) is 2.83. The number of rotatable bonds is 4. The Morgan fingerprint density at radius 1 is 1.48 bits per heavy atom. The minimum absolute atomic E-state index is 0.136. The molecule has 1 aliphatic heterocycles. The van der Waals surface area contributed by atoms with E-state index in [0.717, 1.165) is 19.4 Å². The molecule has 0 aliphatic carbocycles. The van der Waals surface area contributed by atoms with Crippen LogP contribution >= 0.6 is 0 Å². The van der Waals surface area contributed by atoms with Crippen LogP contribution in [0.1, 0.15) is 36.6 Å². The lowest BCUT2D eigenvalue weighted by molar-refractivity contribution is -0.150. The average molecular weight is 318 g/mol. The monoisotopic (exact) mass is 318 g/mol. The molecule has 0 amide bonds. The Labute approximate surface area is 135 Å². The van der Waals surface area contributed by atoms with E-state index in [-0.39, 0.29) is 29.7 Å². The maximum Gasteiger partial charge on any atom is 0.310 e. The molecule has 124 valence electrons. The highest BCUT2D eigenvalue weighted by molar-refractivity contribution is 5.72. The third-order valence-electron chi connectivity index (χ3n) is 4.21. The van der Waals surface area contributed by atoms with Crippen molar-refractivity contribution in [2.24, 2.45) is 5.92 Å². The van der Waals surface area contributed by atoms with E-state index in [2.05, 4.69) is 5.10 Å². The van der Waals surface area contributed by atoms with Gasteiger partial charge in [0.15, 0.2) is 0 Å². The van der Waals surface area contributed by atoms with Crippen LogP contribution < -0.4 is 5.56 Å². The van der Waals surface area contributed by atoms with Gasteiger partial charge in [0.2, 0.25) is 0 Å². The minimum atomic E-state index is -0.381. The van der Waals surface area contributed by atoms with Crippen molar-refractivity contribution in [3.05, 3.63) is 27.2 Å². The lowest BCUT2D eigenvalue weighted by Crippen LogP contribution is -2.43. The molecule has 1 aliphatic rings. The Hall–Kier alpha value is -2.20. The molecular formula is C16H22N4O3. The fraction of sp³-hybridized carbons (Fsp3) is 0.625. The molecule has 1 aromatic rings. The van der Waals surface area contributed by atoms with Crippen LogP contribution in [0, 0.1) is 31.1 Å². The number of nitrogens with zero attached hydrogens (tertiary/aromatic N) is 4. The van der Waals surface area contributed by atoms with Gasteiger partial charge in [0.1, 0.15) is 11.6 Å².